The molecule has 0 N–H and O–H groups in total. The molecule has 4 rings (SSSR count). The van der Waals surface area contributed by atoms with Gasteiger partial charge in [0.15, 0.2) is 0 Å². The molecular weight excluding hydrogens is 467 g/mol. The van der Waals surface area contributed by atoms with E-state index in [1.807, 2.05) is 18.2 Å². The molecule has 1 atom stereocenters. The van der Waals surface area contributed by atoms with Gasteiger partial charge in [-0.3, -0.25) is 9.59 Å². The molecular formula is C24H16Cl2N2O3S. The van der Waals surface area contributed by atoms with Crippen molar-refractivity contribution in [1.29, 1.82) is 5.26 Å². The molecule has 1 heterocycles. The molecule has 0 aliphatic carbocycles. The van der Waals surface area contributed by atoms with Crippen molar-refractivity contribution in [1.82, 2.24) is 0 Å². The highest BCUT2D eigenvalue weighted by Crippen LogP contribution is 2.35. The lowest BCUT2D eigenvalue weighted by Crippen LogP contribution is -2.32. The molecule has 0 aromatic heterocycles. The lowest BCUT2D eigenvalue weighted by Gasteiger charge is -2.14. The zero-order chi connectivity index (χ0) is 22.7. The molecule has 0 radical (unpaired) electrons. The van der Waals surface area contributed by atoms with Crippen LogP contribution in [0.5, 0.6) is 5.75 Å². The minimum atomic E-state index is -0.538. The highest BCUT2D eigenvalue weighted by molar-refractivity contribution is 8.15. The summed E-state index contributed by atoms with van der Waals surface area (Å²) in [4.78, 5) is 26.5. The van der Waals surface area contributed by atoms with Crippen molar-refractivity contribution in [2.24, 2.45) is 0 Å². The zero-order valence-electron chi connectivity index (χ0n) is 16.6. The number of halogens is 2. The van der Waals surface area contributed by atoms with Gasteiger partial charge in [-0.2, -0.15) is 5.26 Å². The van der Waals surface area contributed by atoms with Gasteiger partial charge in [0.05, 0.1) is 27.6 Å². The molecule has 3 aromatic rings. The zero-order valence-corrected chi connectivity index (χ0v) is 19.0. The lowest BCUT2D eigenvalue weighted by molar-refractivity contribution is -0.117. The summed E-state index contributed by atoms with van der Waals surface area (Å²) in [6, 6.07) is 21.2. The molecule has 3 aromatic carbocycles. The van der Waals surface area contributed by atoms with E-state index in [9.17, 15) is 14.9 Å². The molecule has 1 saturated heterocycles. The van der Waals surface area contributed by atoms with E-state index in [1.165, 1.54) is 4.90 Å². The van der Waals surface area contributed by atoms with E-state index >= 15 is 0 Å². The second kappa shape index (κ2) is 9.66. The number of anilines is 1. The van der Waals surface area contributed by atoms with E-state index < -0.39 is 5.25 Å². The summed E-state index contributed by atoms with van der Waals surface area (Å²) in [6.45, 7) is 0.213. The monoisotopic (exact) mass is 482 g/mol. The van der Waals surface area contributed by atoms with Gasteiger partial charge in [-0.15, -0.1) is 0 Å². The molecule has 32 heavy (non-hydrogen) atoms. The third kappa shape index (κ3) is 4.76. The van der Waals surface area contributed by atoms with Crippen molar-refractivity contribution in [3.05, 3.63) is 93.5 Å². The fourth-order valence-electron chi connectivity index (χ4n) is 3.32. The molecule has 1 fully saturated rings. The SMILES string of the molecule is N#Cc1ccccc1COc1ccc(C[C@@H]2SC(=O)N(c3ccc(Cl)cc3)C2=O)cc1Cl. The molecule has 1 aliphatic rings. The highest BCUT2D eigenvalue weighted by Gasteiger charge is 2.40. The Bertz CT molecular complexity index is 1220. The predicted octanol–water partition coefficient (Wildman–Crippen LogP) is 6.26. The summed E-state index contributed by atoms with van der Waals surface area (Å²) >= 11 is 13.3. The first-order chi connectivity index (χ1) is 15.5. The lowest BCUT2D eigenvalue weighted by atomic mass is 10.1. The normalized spacial score (nSPS) is 15.7. The van der Waals surface area contributed by atoms with Gasteiger partial charge in [0.2, 0.25) is 5.91 Å². The van der Waals surface area contributed by atoms with Gasteiger partial charge < -0.3 is 4.74 Å². The summed E-state index contributed by atoms with van der Waals surface area (Å²) in [6.07, 6.45) is 0.358. The van der Waals surface area contributed by atoms with Crippen LogP contribution in [0, 0.1) is 11.3 Å². The first kappa shape index (κ1) is 22.2. The number of rotatable bonds is 6. The summed E-state index contributed by atoms with van der Waals surface area (Å²) in [5.41, 5.74) is 2.63. The third-order valence-corrected chi connectivity index (χ3v) is 6.53. The molecule has 2 amide bonds. The summed E-state index contributed by atoms with van der Waals surface area (Å²) in [5, 5.41) is 9.27. The van der Waals surface area contributed by atoms with Crippen LogP contribution < -0.4 is 9.64 Å². The maximum absolute atomic E-state index is 12.8. The van der Waals surface area contributed by atoms with Crippen LogP contribution in [0.4, 0.5) is 10.5 Å². The van der Waals surface area contributed by atoms with Crippen LogP contribution in [0.15, 0.2) is 66.7 Å². The summed E-state index contributed by atoms with van der Waals surface area (Å²) < 4.78 is 5.78. The predicted molar refractivity (Wildman–Crippen MR) is 126 cm³/mol. The fourth-order valence-corrected chi connectivity index (χ4v) is 4.73. The highest BCUT2D eigenvalue weighted by atomic mass is 35.5. The van der Waals surface area contributed by atoms with Gasteiger partial charge in [-0.1, -0.05) is 59.2 Å². The quantitative estimate of drug-likeness (QED) is 0.414. The Kier molecular flexibility index (Phi) is 6.71. The number of thioether (sulfide) groups is 1. The number of carbonyl (C=O) groups is 2. The second-order valence-electron chi connectivity index (χ2n) is 7.05. The van der Waals surface area contributed by atoms with Gasteiger partial charge in [0, 0.05) is 10.6 Å². The van der Waals surface area contributed by atoms with Crippen LogP contribution >= 0.6 is 35.0 Å². The van der Waals surface area contributed by atoms with E-state index in [2.05, 4.69) is 6.07 Å². The molecule has 8 heteroatoms. The van der Waals surface area contributed by atoms with Crippen LogP contribution in [0.25, 0.3) is 0 Å². The van der Waals surface area contributed by atoms with E-state index in [1.54, 1.807) is 48.5 Å². The minimum absolute atomic E-state index is 0.213. The van der Waals surface area contributed by atoms with Crippen LogP contribution in [-0.4, -0.2) is 16.4 Å². The van der Waals surface area contributed by atoms with Crippen LogP contribution in [0.2, 0.25) is 10.0 Å². The van der Waals surface area contributed by atoms with Crippen molar-refractivity contribution in [2.45, 2.75) is 18.3 Å². The van der Waals surface area contributed by atoms with Crippen molar-refractivity contribution in [3.63, 3.8) is 0 Å². The molecule has 0 unspecified atom stereocenters. The minimum Gasteiger partial charge on any atom is -0.487 e. The Labute approximate surface area is 199 Å². The van der Waals surface area contributed by atoms with E-state index in [0.717, 1.165) is 22.9 Å². The third-order valence-electron chi connectivity index (χ3n) is 4.94. The van der Waals surface area contributed by atoms with E-state index in [4.69, 9.17) is 27.9 Å². The molecule has 5 nitrogen and oxygen atoms in total. The Hall–Kier alpha value is -2.98. The molecule has 0 saturated carbocycles. The first-order valence-corrected chi connectivity index (χ1v) is 11.3. The molecule has 0 spiro atoms. The van der Waals surface area contributed by atoms with Gasteiger partial charge in [-0.25, -0.2) is 4.90 Å². The van der Waals surface area contributed by atoms with Crippen molar-refractivity contribution in [2.75, 3.05) is 4.90 Å². The summed E-state index contributed by atoms with van der Waals surface area (Å²) in [7, 11) is 0. The second-order valence-corrected chi connectivity index (χ2v) is 9.05. The number of hydrogen-bond acceptors (Lipinski definition) is 5. The van der Waals surface area contributed by atoms with Gasteiger partial charge in [0.25, 0.3) is 5.24 Å². The Morgan fingerprint density at radius 1 is 1.03 bits per heavy atom. The number of nitriles is 1. The number of ether oxygens (including phenoxy) is 1. The number of nitrogens with zero attached hydrogens (tertiary/aromatic N) is 2. The number of imide groups is 1. The largest absolute Gasteiger partial charge is 0.487 e. The standard InChI is InChI=1S/C24H16Cl2N2O3S/c25-18-6-8-19(9-7-18)28-23(29)22(32-24(28)30)12-15-5-10-21(20(26)11-15)31-14-17-4-2-1-3-16(17)13-27/h1-11,22H,12,14H2/t22-/m0/s1. The Morgan fingerprint density at radius 2 is 1.78 bits per heavy atom. The Balaban J connectivity index is 1.43. The van der Waals surface area contributed by atoms with Crippen LogP contribution in [-0.2, 0) is 17.8 Å². The number of amides is 2. The van der Waals surface area contributed by atoms with E-state index in [-0.39, 0.29) is 17.8 Å². The molecule has 160 valence electrons. The smallest absolute Gasteiger partial charge is 0.293 e. The number of hydrogen-bond donors (Lipinski definition) is 0. The van der Waals surface area contributed by atoms with Crippen LogP contribution in [0.3, 0.4) is 0 Å². The van der Waals surface area contributed by atoms with Crippen LogP contribution in [0.1, 0.15) is 16.7 Å². The maximum atomic E-state index is 12.8. The topological polar surface area (TPSA) is 70.4 Å². The molecule has 0 bridgehead atoms. The summed E-state index contributed by atoms with van der Waals surface area (Å²) in [5.74, 6) is 0.208. The average molecular weight is 483 g/mol. The van der Waals surface area contributed by atoms with Crippen molar-refractivity contribution in [3.8, 4) is 11.8 Å². The van der Waals surface area contributed by atoms with Crippen molar-refractivity contribution < 1.29 is 14.3 Å². The molecule has 1 aliphatic heterocycles. The van der Waals surface area contributed by atoms with Gasteiger partial charge >= 0.3 is 0 Å². The Morgan fingerprint density at radius 3 is 2.50 bits per heavy atom. The van der Waals surface area contributed by atoms with Crippen molar-refractivity contribution >= 4 is 51.8 Å². The number of carbonyl (C=O) groups excluding carboxylic acids is 2. The van der Waals surface area contributed by atoms with Gasteiger partial charge in [0.1, 0.15) is 12.4 Å². The van der Waals surface area contributed by atoms with Gasteiger partial charge in [-0.05, 0) is 54.4 Å². The average Bonchev–Trinajstić information content (AvgIpc) is 3.07. The first-order valence-electron chi connectivity index (χ1n) is 9.65. The number of benzene rings is 3. The van der Waals surface area contributed by atoms with E-state index in [0.29, 0.717) is 33.5 Å². The fraction of sp³-hybridized carbons (Fsp3) is 0.125. The maximum Gasteiger partial charge on any atom is 0.293 e.